The number of nitrogens with zero attached hydrogens (tertiary/aromatic N) is 4. The molecule has 2 N–H and O–H groups in total. The average Bonchev–Trinajstić information content (AvgIpc) is 3.60. The number of carbonyl (C=O) groups is 1. The Hall–Kier alpha value is -3.43. The van der Waals surface area contributed by atoms with Gasteiger partial charge in [0.1, 0.15) is 11.9 Å². The number of benzene rings is 1. The van der Waals surface area contributed by atoms with E-state index in [0.29, 0.717) is 6.54 Å². The number of fused-ring (bicyclic) bond motifs is 1. The predicted octanol–water partition coefficient (Wildman–Crippen LogP) is 4.64. The van der Waals surface area contributed by atoms with E-state index in [0.717, 1.165) is 91.4 Å². The average molecular weight is 531 g/mol. The standard InChI is InChI=1S/C30H38N6O3/c1-30(2,19-32-28(37)21-10-14-36(15-11-21)16-17-39-3)29-33-26(20-8-12-31-13-9-20)27(34-29)23-4-6-24-22(18-23)5-7-25(24)35-38/h4,6,8-9,12-13,18,21,25H,5,7,10-11,14-17,19H2,1-3H3,(H,32,37)(H,33,34). The van der Waals surface area contributed by atoms with Crippen LogP contribution in [-0.4, -0.2) is 65.7 Å². The minimum absolute atomic E-state index is 0.0373. The number of nitroso groups, excluding NO2 is 1. The van der Waals surface area contributed by atoms with Crippen molar-refractivity contribution in [2.75, 3.05) is 39.9 Å². The van der Waals surface area contributed by atoms with E-state index in [2.05, 4.69) is 45.3 Å². The number of likely N-dealkylation sites (tertiary alicyclic amines) is 1. The molecule has 1 saturated heterocycles. The minimum Gasteiger partial charge on any atom is -0.383 e. The zero-order valence-electron chi connectivity index (χ0n) is 23.1. The van der Waals surface area contributed by atoms with Crippen LogP contribution in [0.3, 0.4) is 0 Å². The number of piperidine rings is 1. The lowest BCUT2D eigenvalue weighted by Gasteiger charge is -2.31. The number of aromatic amines is 1. The van der Waals surface area contributed by atoms with Crippen LogP contribution in [0.4, 0.5) is 0 Å². The summed E-state index contributed by atoms with van der Waals surface area (Å²) in [6.45, 7) is 8.16. The van der Waals surface area contributed by atoms with Gasteiger partial charge in [-0.25, -0.2) is 4.98 Å². The zero-order valence-corrected chi connectivity index (χ0v) is 23.1. The van der Waals surface area contributed by atoms with Gasteiger partial charge in [0.15, 0.2) is 0 Å². The molecule has 1 amide bonds. The number of aryl methyl sites for hydroxylation is 1. The Kier molecular flexibility index (Phi) is 8.18. The molecule has 9 heteroatoms. The maximum atomic E-state index is 13.0. The molecule has 9 nitrogen and oxygen atoms in total. The Morgan fingerprint density at radius 2 is 1.92 bits per heavy atom. The molecule has 2 aromatic heterocycles. The van der Waals surface area contributed by atoms with E-state index in [9.17, 15) is 9.70 Å². The summed E-state index contributed by atoms with van der Waals surface area (Å²) in [5, 5.41) is 6.51. The highest BCUT2D eigenvalue weighted by atomic mass is 16.5. The number of nitrogens with one attached hydrogen (secondary N) is 2. The van der Waals surface area contributed by atoms with Gasteiger partial charge in [-0.2, -0.15) is 4.91 Å². The smallest absolute Gasteiger partial charge is 0.223 e. The maximum Gasteiger partial charge on any atom is 0.223 e. The van der Waals surface area contributed by atoms with Crippen molar-refractivity contribution in [3.8, 4) is 22.5 Å². The first-order valence-corrected chi connectivity index (χ1v) is 13.8. The fourth-order valence-corrected chi connectivity index (χ4v) is 5.66. The normalized spacial score (nSPS) is 18.2. The molecule has 0 bridgehead atoms. The van der Waals surface area contributed by atoms with Gasteiger partial charge in [-0.15, -0.1) is 0 Å². The number of H-pyrrole nitrogens is 1. The molecule has 1 fully saturated rings. The number of aromatic nitrogens is 3. The van der Waals surface area contributed by atoms with Gasteiger partial charge in [0.2, 0.25) is 5.91 Å². The van der Waals surface area contributed by atoms with Gasteiger partial charge in [0.25, 0.3) is 0 Å². The highest BCUT2D eigenvalue weighted by molar-refractivity contribution is 5.80. The summed E-state index contributed by atoms with van der Waals surface area (Å²) in [5.41, 5.74) is 5.51. The van der Waals surface area contributed by atoms with E-state index in [1.807, 2.05) is 24.3 Å². The fraction of sp³-hybridized carbons (Fsp3) is 0.500. The molecule has 2 aliphatic rings. The number of imidazole rings is 1. The minimum atomic E-state index is -0.419. The Labute approximate surface area is 229 Å². The Morgan fingerprint density at radius 3 is 2.64 bits per heavy atom. The molecule has 1 aromatic carbocycles. The monoisotopic (exact) mass is 530 g/mol. The molecule has 1 aliphatic heterocycles. The molecule has 1 atom stereocenters. The molecule has 206 valence electrons. The second-order valence-corrected chi connectivity index (χ2v) is 11.3. The molecule has 1 unspecified atom stereocenters. The molecule has 1 aliphatic carbocycles. The molecule has 0 spiro atoms. The van der Waals surface area contributed by atoms with Gasteiger partial charge in [0.05, 0.1) is 18.0 Å². The van der Waals surface area contributed by atoms with Gasteiger partial charge >= 0.3 is 0 Å². The number of hydrogen-bond acceptors (Lipinski definition) is 7. The summed E-state index contributed by atoms with van der Waals surface area (Å²) in [6, 6.07) is 9.85. The van der Waals surface area contributed by atoms with Gasteiger partial charge < -0.3 is 19.9 Å². The number of hydrogen-bond donors (Lipinski definition) is 2. The van der Waals surface area contributed by atoms with E-state index >= 15 is 0 Å². The molecule has 0 radical (unpaired) electrons. The van der Waals surface area contributed by atoms with Crippen molar-refractivity contribution in [2.24, 2.45) is 11.1 Å². The van der Waals surface area contributed by atoms with Crippen LogP contribution in [0, 0.1) is 10.8 Å². The van der Waals surface area contributed by atoms with Crippen molar-refractivity contribution in [2.45, 2.75) is 51.0 Å². The van der Waals surface area contributed by atoms with Gasteiger partial charge in [-0.05, 0) is 68.1 Å². The quantitative estimate of drug-likeness (QED) is 0.369. The van der Waals surface area contributed by atoms with E-state index in [1.165, 1.54) is 0 Å². The van der Waals surface area contributed by atoms with E-state index in [-0.39, 0.29) is 17.9 Å². The molecule has 0 saturated carbocycles. The third kappa shape index (κ3) is 5.94. The van der Waals surface area contributed by atoms with Crippen LogP contribution in [0.2, 0.25) is 0 Å². The molecule has 39 heavy (non-hydrogen) atoms. The lowest BCUT2D eigenvalue weighted by atomic mass is 9.91. The maximum absolute atomic E-state index is 13.0. The van der Waals surface area contributed by atoms with Crippen LogP contribution in [0.15, 0.2) is 47.9 Å². The highest BCUT2D eigenvalue weighted by Gasteiger charge is 2.31. The van der Waals surface area contributed by atoms with Crippen LogP contribution in [-0.2, 0) is 21.4 Å². The third-order valence-corrected chi connectivity index (χ3v) is 8.18. The van der Waals surface area contributed by atoms with Crippen molar-refractivity contribution >= 4 is 5.91 Å². The number of carbonyl (C=O) groups excluding carboxylic acids is 1. The fourth-order valence-electron chi connectivity index (χ4n) is 5.66. The number of amides is 1. The Morgan fingerprint density at radius 1 is 1.15 bits per heavy atom. The number of rotatable bonds is 10. The van der Waals surface area contributed by atoms with Crippen LogP contribution < -0.4 is 5.32 Å². The second-order valence-electron chi connectivity index (χ2n) is 11.3. The summed E-state index contributed by atoms with van der Waals surface area (Å²) in [4.78, 5) is 39.5. The summed E-state index contributed by atoms with van der Waals surface area (Å²) in [6.07, 6.45) is 6.87. The molecule has 3 aromatic rings. The predicted molar refractivity (Wildman–Crippen MR) is 151 cm³/mol. The molecular formula is C30H38N6O3. The van der Waals surface area contributed by atoms with Gasteiger partial charge in [-0.3, -0.25) is 9.78 Å². The van der Waals surface area contributed by atoms with Crippen LogP contribution in [0.25, 0.3) is 22.5 Å². The summed E-state index contributed by atoms with van der Waals surface area (Å²) < 4.78 is 5.18. The first-order valence-electron chi connectivity index (χ1n) is 13.8. The zero-order chi connectivity index (χ0) is 27.4. The van der Waals surface area contributed by atoms with Crippen LogP contribution >= 0.6 is 0 Å². The topological polar surface area (TPSA) is 113 Å². The van der Waals surface area contributed by atoms with E-state index < -0.39 is 5.41 Å². The van der Waals surface area contributed by atoms with E-state index in [1.54, 1.807) is 19.5 Å². The van der Waals surface area contributed by atoms with Crippen LogP contribution in [0.5, 0.6) is 0 Å². The van der Waals surface area contributed by atoms with Crippen molar-refractivity contribution in [3.05, 3.63) is 64.6 Å². The van der Waals surface area contributed by atoms with Crippen molar-refractivity contribution in [1.82, 2.24) is 25.2 Å². The highest BCUT2D eigenvalue weighted by Crippen LogP contribution is 2.39. The lowest BCUT2D eigenvalue weighted by Crippen LogP contribution is -2.44. The summed E-state index contributed by atoms with van der Waals surface area (Å²) in [5.74, 6) is 0.967. The summed E-state index contributed by atoms with van der Waals surface area (Å²) >= 11 is 0. The van der Waals surface area contributed by atoms with E-state index in [4.69, 9.17) is 9.72 Å². The molecule has 5 rings (SSSR count). The Balaban J connectivity index is 1.34. The first-order chi connectivity index (χ1) is 18.9. The second kappa shape index (κ2) is 11.8. The summed E-state index contributed by atoms with van der Waals surface area (Å²) in [7, 11) is 1.72. The van der Waals surface area contributed by atoms with Crippen molar-refractivity contribution in [1.29, 1.82) is 0 Å². The molecular weight excluding hydrogens is 492 g/mol. The van der Waals surface area contributed by atoms with Crippen LogP contribution in [0.1, 0.15) is 56.1 Å². The molecule has 3 heterocycles. The number of ether oxygens (including phenoxy) is 1. The van der Waals surface area contributed by atoms with Gasteiger partial charge in [-0.1, -0.05) is 31.2 Å². The number of pyridine rings is 1. The van der Waals surface area contributed by atoms with Crippen molar-refractivity contribution < 1.29 is 9.53 Å². The SMILES string of the molecule is COCCN1CCC(C(=O)NCC(C)(C)c2nc(-c3ccc4c(c3)CCC4N=O)c(-c3ccncc3)[nH]2)CC1. The number of methoxy groups -OCH3 is 1. The lowest BCUT2D eigenvalue weighted by molar-refractivity contribution is -0.126. The van der Waals surface area contributed by atoms with Gasteiger partial charge in [0, 0.05) is 55.1 Å². The largest absolute Gasteiger partial charge is 0.383 e. The first kappa shape index (κ1) is 27.1. The van der Waals surface area contributed by atoms with Crippen molar-refractivity contribution in [3.63, 3.8) is 0 Å². The Bertz CT molecular complexity index is 1300. The third-order valence-electron chi connectivity index (χ3n) is 8.18.